The molecule has 4 atom stereocenters. The average molecular weight is 443 g/mol. The van der Waals surface area contributed by atoms with Gasteiger partial charge in [-0.2, -0.15) is 0 Å². The van der Waals surface area contributed by atoms with E-state index in [4.69, 9.17) is 9.47 Å². The molecule has 5 nitrogen and oxygen atoms in total. The van der Waals surface area contributed by atoms with Gasteiger partial charge in [-0.15, -0.1) is 0 Å². The van der Waals surface area contributed by atoms with Crippen molar-refractivity contribution in [3.05, 3.63) is 12.2 Å². The molecule has 1 fully saturated rings. The Morgan fingerprint density at radius 2 is 1.32 bits per heavy atom. The third-order valence-electron chi connectivity index (χ3n) is 6.24. The molecular weight excluding hydrogens is 392 g/mol. The molecule has 0 bridgehead atoms. The molecule has 1 heterocycles. The van der Waals surface area contributed by atoms with Crippen molar-refractivity contribution in [2.24, 2.45) is 0 Å². The van der Waals surface area contributed by atoms with Crippen molar-refractivity contribution in [1.82, 2.24) is 0 Å². The highest BCUT2D eigenvalue weighted by atomic mass is 16.6. The van der Waals surface area contributed by atoms with Crippen molar-refractivity contribution in [2.75, 3.05) is 19.8 Å². The van der Waals surface area contributed by atoms with Crippen LogP contribution < -0.4 is 0 Å². The fraction of sp³-hybridized carbons (Fsp3) is 0.923. The number of allylic oxidation sites excluding steroid dienone is 1. The fourth-order valence-corrected chi connectivity index (χ4v) is 4.18. The van der Waals surface area contributed by atoms with Gasteiger partial charge in [-0.3, -0.25) is 0 Å². The molecule has 0 aliphatic carbocycles. The van der Waals surface area contributed by atoms with Gasteiger partial charge in [0, 0.05) is 0 Å². The lowest BCUT2D eigenvalue weighted by atomic mass is 10.0. The lowest BCUT2D eigenvalue weighted by molar-refractivity contribution is -0.0996. The number of unbranched alkanes of at least 4 members (excludes halogenated alkanes) is 14. The molecule has 0 aromatic rings. The topological polar surface area (TPSA) is 79.2 Å². The highest BCUT2D eigenvalue weighted by molar-refractivity contribution is 4.89. The molecule has 31 heavy (non-hydrogen) atoms. The maximum atomic E-state index is 9.84. The molecule has 0 aromatic heterocycles. The molecule has 0 radical (unpaired) electrons. The van der Waals surface area contributed by atoms with E-state index in [1.54, 1.807) is 0 Å². The van der Waals surface area contributed by atoms with Crippen LogP contribution in [0.25, 0.3) is 0 Å². The van der Waals surface area contributed by atoms with Gasteiger partial charge in [-0.25, -0.2) is 0 Å². The molecule has 0 aromatic carbocycles. The summed E-state index contributed by atoms with van der Waals surface area (Å²) in [5, 5.41) is 28.8. The summed E-state index contributed by atoms with van der Waals surface area (Å²) in [6, 6.07) is 0. The summed E-state index contributed by atoms with van der Waals surface area (Å²) >= 11 is 0. The van der Waals surface area contributed by atoms with E-state index in [1.165, 1.54) is 89.9 Å². The van der Waals surface area contributed by atoms with Gasteiger partial charge < -0.3 is 24.8 Å². The quantitative estimate of drug-likeness (QED) is 0.166. The summed E-state index contributed by atoms with van der Waals surface area (Å²) < 4.78 is 10.9. The number of hydrogen-bond acceptors (Lipinski definition) is 5. The zero-order chi connectivity index (χ0) is 22.6. The van der Waals surface area contributed by atoms with Gasteiger partial charge in [0.25, 0.3) is 0 Å². The Balaban J connectivity index is 1.83. The van der Waals surface area contributed by atoms with E-state index >= 15 is 0 Å². The van der Waals surface area contributed by atoms with Crippen LogP contribution in [-0.2, 0) is 9.47 Å². The summed E-state index contributed by atoms with van der Waals surface area (Å²) in [6.07, 6.45) is 22.5. The summed E-state index contributed by atoms with van der Waals surface area (Å²) in [5.74, 6) is 0. The highest BCUT2D eigenvalue weighted by Gasteiger charge is 2.40. The predicted octanol–water partition coefficient (Wildman–Crippen LogP) is 5.30. The summed E-state index contributed by atoms with van der Waals surface area (Å²) in [5.41, 5.74) is 0. The second kappa shape index (κ2) is 20.2. The first-order valence-corrected chi connectivity index (χ1v) is 13.1. The van der Waals surface area contributed by atoms with Crippen molar-refractivity contribution in [3.63, 3.8) is 0 Å². The van der Waals surface area contributed by atoms with Crippen LogP contribution in [0.3, 0.4) is 0 Å². The summed E-state index contributed by atoms with van der Waals surface area (Å²) in [4.78, 5) is 0. The van der Waals surface area contributed by atoms with Crippen LogP contribution in [0.1, 0.15) is 110 Å². The largest absolute Gasteiger partial charge is 0.394 e. The van der Waals surface area contributed by atoms with E-state index < -0.39 is 24.4 Å². The van der Waals surface area contributed by atoms with E-state index in [0.717, 1.165) is 12.8 Å². The van der Waals surface area contributed by atoms with Crippen LogP contribution in [-0.4, -0.2) is 59.6 Å². The van der Waals surface area contributed by atoms with E-state index in [9.17, 15) is 15.3 Å². The van der Waals surface area contributed by atoms with E-state index in [-0.39, 0.29) is 13.2 Å². The zero-order valence-corrected chi connectivity index (χ0v) is 20.1. The smallest absolute Gasteiger partial charge is 0.114 e. The molecule has 0 spiro atoms. The Hall–Kier alpha value is -0.460. The molecule has 0 saturated carbocycles. The molecule has 1 rings (SSSR count). The van der Waals surface area contributed by atoms with Gasteiger partial charge in [-0.1, -0.05) is 103 Å². The van der Waals surface area contributed by atoms with Crippen molar-refractivity contribution in [2.45, 2.75) is 134 Å². The van der Waals surface area contributed by atoms with Gasteiger partial charge in [0.15, 0.2) is 0 Å². The van der Waals surface area contributed by atoms with E-state index in [1.807, 2.05) is 0 Å². The molecule has 0 unspecified atom stereocenters. The Morgan fingerprint density at radius 1 is 0.806 bits per heavy atom. The maximum Gasteiger partial charge on any atom is 0.114 e. The number of aliphatic hydroxyl groups excluding tert-OH is 3. The number of hydrogen-bond donors (Lipinski definition) is 3. The normalized spacial score (nSPS) is 22.5. The van der Waals surface area contributed by atoms with Gasteiger partial charge in [0.2, 0.25) is 0 Å². The van der Waals surface area contributed by atoms with Crippen LogP contribution in [0.2, 0.25) is 0 Å². The molecule has 3 N–H and O–H groups in total. The first kappa shape index (κ1) is 28.6. The second-order valence-corrected chi connectivity index (χ2v) is 9.09. The van der Waals surface area contributed by atoms with E-state index in [0.29, 0.717) is 6.61 Å². The average Bonchev–Trinajstić information content (AvgIpc) is 3.11. The SMILES string of the molecule is CCCCCCCCCCCCCCCC/C=C/CCO[C@@H](CO)[C@@H]1OC[C@@H](O)[C@@H]1O. The zero-order valence-electron chi connectivity index (χ0n) is 20.1. The Kier molecular flexibility index (Phi) is 18.6. The molecule has 5 heteroatoms. The maximum absolute atomic E-state index is 9.84. The lowest BCUT2D eigenvalue weighted by Gasteiger charge is -2.24. The molecule has 184 valence electrons. The van der Waals surface area contributed by atoms with Crippen molar-refractivity contribution in [1.29, 1.82) is 0 Å². The number of ether oxygens (including phenoxy) is 2. The van der Waals surface area contributed by atoms with Crippen LogP contribution >= 0.6 is 0 Å². The van der Waals surface area contributed by atoms with Crippen molar-refractivity contribution >= 4 is 0 Å². The molecule has 1 aliphatic heterocycles. The fourth-order valence-electron chi connectivity index (χ4n) is 4.18. The first-order chi connectivity index (χ1) is 15.2. The van der Waals surface area contributed by atoms with Gasteiger partial charge in [0.05, 0.1) is 19.8 Å². The van der Waals surface area contributed by atoms with Crippen molar-refractivity contribution < 1.29 is 24.8 Å². The summed E-state index contributed by atoms with van der Waals surface area (Å²) in [7, 11) is 0. The first-order valence-electron chi connectivity index (χ1n) is 13.1. The van der Waals surface area contributed by atoms with Crippen LogP contribution in [0.4, 0.5) is 0 Å². The second-order valence-electron chi connectivity index (χ2n) is 9.09. The minimum Gasteiger partial charge on any atom is -0.394 e. The Labute approximate surface area is 191 Å². The molecule has 1 saturated heterocycles. The number of rotatable bonds is 21. The monoisotopic (exact) mass is 442 g/mol. The number of aliphatic hydroxyl groups is 3. The highest BCUT2D eigenvalue weighted by Crippen LogP contribution is 2.19. The van der Waals surface area contributed by atoms with Gasteiger partial charge in [-0.05, 0) is 19.3 Å². The Bertz CT molecular complexity index is 415. The Morgan fingerprint density at radius 3 is 1.81 bits per heavy atom. The van der Waals surface area contributed by atoms with Crippen LogP contribution in [0, 0.1) is 0 Å². The minimum atomic E-state index is -0.993. The van der Waals surface area contributed by atoms with E-state index in [2.05, 4.69) is 19.1 Å². The molecular formula is C26H50O5. The van der Waals surface area contributed by atoms with Gasteiger partial charge in [0.1, 0.15) is 24.4 Å². The molecule has 0 amide bonds. The van der Waals surface area contributed by atoms with Crippen molar-refractivity contribution in [3.8, 4) is 0 Å². The summed E-state index contributed by atoms with van der Waals surface area (Å²) in [6.45, 7) is 2.61. The standard InChI is InChI=1S/C26H50O5/c1-2-3-4-5-6-7-8-9-10-11-12-13-14-15-16-17-18-19-20-30-24(21-27)26-25(29)23(28)22-31-26/h17-18,23-29H,2-16,19-22H2,1H3/b18-17+/t23-,24+,25+,26+/m1/s1. The third-order valence-corrected chi connectivity index (χ3v) is 6.24. The molecule has 1 aliphatic rings. The lowest BCUT2D eigenvalue weighted by Crippen LogP contribution is -2.42. The predicted molar refractivity (Wildman–Crippen MR) is 127 cm³/mol. The van der Waals surface area contributed by atoms with Crippen LogP contribution in [0.5, 0.6) is 0 Å². The van der Waals surface area contributed by atoms with Crippen LogP contribution in [0.15, 0.2) is 12.2 Å². The third kappa shape index (κ3) is 14.3. The van der Waals surface area contributed by atoms with Gasteiger partial charge >= 0.3 is 0 Å². The minimum absolute atomic E-state index is 0.0881.